The van der Waals surface area contributed by atoms with E-state index in [4.69, 9.17) is 0 Å². The molecular weight excluding hydrogens is 228 g/mol. The lowest BCUT2D eigenvalue weighted by atomic mass is 9.82. The number of hydrogen-bond donors (Lipinski definition) is 2. The monoisotopic (exact) mass is 254 g/mol. The van der Waals surface area contributed by atoms with E-state index in [1.165, 1.54) is 6.42 Å². The van der Waals surface area contributed by atoms with Crippen LogP contribution in [0, 0.1) is 0 Å². The first-order valence-electron chi connectivity index (χ1n) is 7.29. The second-order valence-corrected chi connectivity index (χ2v) is 6.10. The van der Waals surface area contributed by atoms with Crippen LogP contribution in [0.5, 0.6) is 0 Å². The molecule has 18 heavy (non-hydrogen) atoms. The van der Waals surface area contributed by atoms with Gasteiger partial charge in [0.2, 0.25) is 0 Å². The highest BCUT2D eigenvalue weighted by molar-refractivity contribution is 5.79. The van der Waals surface area contributed by atoms with Crippen molar-refractivity contribution < 1.29 is 9.90 Å². The number of carboxylic acid groups (broad SMARTS) is 1. The van der Waals surface area contributed by atoms with Gasteiger partial charge in [-0.3, -0.25) is 9.69 Å². The molecule has 2 N–H and O–H groups in total. The molecule has 4 nitrogen and oxygen atoms in total. The summed E-state index contributed by atoms with van der Waals surface area (Å²) in [4.78, 5) is 14.1. The maximum Gasteiger partial charge on any atom is 0.323 e. The topological polar surface area (TPSA) is 52.6 Å². The Hall–Kier alpha value is -0.610. The summed E-state index contributed by atoms with van der Waals surface area (Å²) in [6.45, 7) is 6.39. The van der Waals surface area contributed by atoms with E-state index in [2.05, 4.69) is 24.1 Å². The minimum Gasteiger partial charge on any atom is -0.480 e. The van der Waals surface area contributed by atoms with Crippen LogP contribution in [0.2, 0.25) is 0 Å². The maximum atomic E-state index is 11.7. The molecule has 4 heteroatoms. The fourth-order valence-electron chi connectivity index (χ4n) is 3.57. The highest BCUT2D eigenvalue weighted by Crippen LogP contribution is 2.31. The molecule has 0 radical (unpaired) electrons. The van der Waals surface area contributed by atoms with Crippen molar-refractivity contribution >= 4 is 5.97 Å². The Balaban J connectivity index is 2.06. The third-order valence-corrected chi connectivity index (χ3v) is 4.57. The number of hydrogen-bond acceptors (Lipinski definition) is 3. The summed E-state index contributed by atoms with van der Waals surface area (Å²) in [5, 5.41) is 12.9. The molecule has 0 bridgehead atoms. The molecule has 0 spiro atoms. The third kappa shape index (κ3) is 2.69. The van der Waals surface area contributed by atoms with Gasteiger partial charge in [0.25, 0.3) is 0 Å². The fraction of sp³-hybridized carbons (Fsp3) is 0.929. The zero-order valence-electron chi connectivity index (χ0n) is 11.6. The predicted molar refractivity (Wildman–Crippen MR) is 71.7 cm³/mol. The summed E-state index contributed by atoms with van der Waals surface area (Å²) in [6, 6.07) is 0.957. The van der Waals surface area contributed by atoms with Gasteiger partial charge < -0.3 is 10.4 Å². The summed E-state index contributed by atoms with van der Waals surface area (Å²) in [7, 11) is 0. The van der Waals surface area contributed by atoms with Gasteiger partial charge in [-0.15, -0.1) is 0 Å². The van der Waals surface area contributed by atoms with E-state index in [9.17, 15) is 9.90 Å². The van der Waals surface area contributed by atoms with Crippen LogP contribution in [0.15, 0.2) is 0 Å². The average Bonchev–Trinajstić information content (AvgIpc) is 2.78. The zero-order valence-corrected chi connectivity index (χ0v) is 11.6. The quantitative estimate of drug-likeness (QED) is 0.804. The van der Waals surface area contributed by atoms with Gasteiger partial charge in [-0.25, -0.2) is 0 Å². The Labute approximate surface area is 110 Å². The van der Waals surface area contributed by atoms with Crippen molar-refractivity contribution in [1.82, 2.24) is 10.2 Å². The smallest absolute Gasteiger partial charge is 0.323 e. The molecule has 0 aromatic heterocycles. The van der Waals surface area contributed by atoms with Gasteiger partial charge in [-0.1, -0.05) is 0 Å². The number of carbonyl (C=O) groups is 1. The van der Waals surface area contributed by atoms with E-state index in [0.29, 0.717) is 12.1 Å². The normalized spacial score (nSPS) is 34.1. The van der Waals surface area contributed by atoms with Crippen LogP contribution in [-0.2, 0) is 4.79 Å². The summed E-state index contributed by atoms with van der Waals surface area (Å²) in [5.41, 5.74) is -0.666. The Bertz CT molecular complexity index is 298. The molecule has 2 rings (SSSR count). The molecule has 0 amide bonds. The Morgan fingerprint density at radius 1 is 1.44 bits per heavy atom. The minimum atomic E-state index is -0.666. The van der Waals surface area contributed by atoms with E-state index in [1.54, 1.807) is 0 Å². The van der Waals surface area contributed by atoms with Crippen molar-refractivity contribution in [2.75, 3.05) is 13.1 Å². The Kier molecular flexibility index (Phi) is 4.28. The van der Waals surface area contributed by atoms with Crippen molar-refractivity contribution in [3.05, 3.63) is 0 Å². The lowest BCUT2D eigenvalue weighted by Crippen LogP contribution is -2.57. The molecule has 0 saturated carbocycles. The molecule has 2 unspecified atom stereocenters. The van der Waals surface area contributed by atoms with Crippen molar-refractivity contribution in [2.24, 2.45) is 0 Å². The van der Waals surface area contributed by atoms with E-state index < -0.39 is 11.5 Å². The first kappa shape index (κ1) is 13.8. The van der Waals surface area contributed by atoms with Crippen LogP contribution in [0.3, 0.4) is 0 Å². The second kappa shape index (κ2) is 5.57. The highest BCUT2D eigenvalue weighted by atomic mass is 16.4. The van der Waals surface area contributed by atoms with Crippen LogP contribution < -0.4 is 5.32 Å². The summed E-state index contributed by atoms with van der Waals surface area (Å²) in [5.74, 6) is -0.655. The van der Waals surface area contributed by atoms with Gasteiger partial charge in [-0.2, -0.15) is 0 Å². The van der Waals surface area contributed by atoms with Gasteiger partial charge in [0.15, 0.2) is 0 Å². The van der Waals surface area contributed by atoms with Gasteiger partial charge in [0.05, 0.1) is 0 Å². The van der Waals surface area contributed by atoms with Gasteiger partial charge in [0.1, 0.15) is 5.54 Å². The summed E-state index contributed by atoms with van der Waals surface area (Å²) < 4.78 is 0. The molecule has 2 saturated heterocycles. The lowest BCUT2D eigenvalue weighted by molar-refractivity contribution is -0.147. The average molecular weight is 254 g/mol. The molecular formula is C14H26N2O2. The van der Waals surface area contributed by atoms with Crippen LogP contribution >= 0.6 is 0 Å². The van der Waals surface area contributed by atoms with Crippen molar-refractivity contribution in [3.8, 4) is 0 Å². The van der Waals surface area contributed by atoms with Crippen molar-refractivity contribution in [2.45, 2.75) is 70.0 Å². The number of piperidine rings is 1. The number of carboxylic acids is 1. The van der Waals surface area contributed by atoms with E-state index >= 15 is 0 Å². The standard InChI is InChI=1S/C14H26N2O2/c1-11(2)16-9-5-6-12(16)10-14(13(17)18)7-3-4-8-15-14/h11-12,15H,3-10H2,1-2H3,(H,17,18). The fourth-order valence-corrected chi connectivity index (χ4v) is 3.57. The highest BCUT2D eigenvalue weighted by Gasteiger charge is 2.43. The van der Waals surface area contributed by atoms with Crippen molar-refractivity contribution in [3.63, 3.8) is 0 Å². The first-order chi connectivity index (χ1) is 8.55. The second-order valence-electron chi connectivity index (χ2n) is 6.10. The van der Waals surface area contributed by atoms with E-state index in [-0.39, 0.29) is 0 Å². The predicted octanol–water partition coefficient (Wildman–Crippen LogP) is 1.85. The van der Waals surface area contributed by atoms with Crippen LogP contribution in [0.1, 0.15) is 52.4 Å². The number of nitrogens with one attached hydrogen (secondary N) is 1. The van der Waals surface area contributed by atoms with E-state index in [1.807, 2.05) is 0 Å². The number of rotatable bonds is 4. The third-order valence-electron chi connectivity index (χ3n) is 4.57. The Morgan fingerprint density at radius 3 is 2.78 bits per heavy atom. The maximum absolute atomic E-state index is 11.7. The first-order valence-corrected chi connectivity index (χ1v) is 7.29. The van der Waals surface area contributed by atoms with E-state index in [0.717, 1.165) is 45.2 Å². The minimum absolute atomic E-state index is 0.437. The molecule has 2 aliphatic rings. The molecule has 2 heterocycles. The number of likely N-dealkylation sites (tertiary alicyclic amines) is 1. The number of nitrogens with zero attached hydrogens (tertiary/aromatic N) is 1. The summed E-state index contributed by atoms with van der Waals surface area (Å²) >= 11 is 0. The Morgan fingerprint density at radius 2 is 2.22 bits per heavy atom. The molecule has 0 aromatic carbocycles. The van der Waals surface area contributed by atoms with Crippen LogP contribution in [-0.4, -0.2) is 46.7 Å². The van der Waals surface area contributed by atoms with Crippen LogP contribution in [0.4, 0.5) is 0 Å². The SMILES string of the molecule is CC(C)N1CCCC1CC1(C(=O)O)CCCCN1. The lowest BCUT2D eigenvalue weighted by Gasteiger charge is -2.39. The summed E-state index contributed by atoms with van der Waals surface area (Å²) in [6.07, 6.45) is 6.04. The molecule has 2 atom stereocenters. The molecule has 0 aromatic rings. The molecule has 104 valence electrons. The molecule has 2 aliphatic heterocycles. The molecule has 2 fully saturated rings. The molecule has 0 aliphatic carbocycles. The van der Waals surface area contributed by atoms with Crippen molar-refractivity contribution in [1.29, 1.82) is 0 Å². The van der Waals surface area contributed by atoms with Gasteiger partial charge >= 0.3 is 5.97 Å². The zero-order chi connectivity index (χ0) is 13.2. The van der Waals surface area contributed by atoms with Crippen LogP contribution in [0.25, 0.3) is 0 Å². The number of aliphatic carboxylic acids is 1. The largest absolute Gasteiger partial charge is 0.480 e. The van der Waals surface area contributed by atoms with Gasteiger partial charge in [0, 0.05) is 12.1 Å². The van der Waals surface area contributed by atoms with Gasteiger partial charge in [-0.05, 0) is 65.5 Å².